The molecule has 2 rings (SSSR count). The van der Waals surface area contributed by atoms with Crippen LogP contribution in [0.25, 0.3) is 0 Å². The van der Waals surface area contributed by atoms with Crippen LogP contribution >= 0.6 is 15.9 Å². The van der Waals surface area contributed by atoms with E-state index in [0.29, 0.717) is 13.1 Å². The Labute approximate surface area is 117 Å². The number of benzene rings is 1. The van der Waals surface area contributed by atoms with E-state index >= 15 is 0 Å². The van der Waals surface area contributed by atoms with E-state index < -0.39 is 6.17 Å². The molecule has 0 spiro atoms. The maximum Gasteiger partial charge on any atom is 0.125 e. The fraction of sp³-hybridized carbons (Fsp3) is 0.571. The highest BCUT2D eigenvalue weighted by atomic mass is 79.9. The molecule has 1 aliphatic heterocycles. The van der Waals surface area contributed by atoms with Gasteiger partial charge in [0.05, 0.1) is 4.95 Å². The van der Waals surface area contributed by atoms with Gasteiger partial charge in [-0.15, -0.1) is 0 Å². The normalized spacial score (nSPS) is 24.7. The number of hydrogen-bond donors (Lipinski definition) is 0. The Morgan fingerprint density at radius 1 is 1.28 bits per heavy atom. The van der Waals surface area contributed by atoms with Crippen LogP contribution in [0.2, 0.25) is 0 Å². The molecule has 0 N–H and O–H groups in total. The molecule has 2 unspecified atom stereocenters. The molecule has 1 fully saturated rings. The molecule has 1 saturated heterocycles. The summed E-state index contributed by atoms with van der Waals surface area (Å²) in [7, 11) is 0. The predicted molar refractivity (Wildman–Crippen MR) is 76.6 cm³/mol. The monoisotopic (exact) mass is 314 g/mol. The second-order valence-corrected chi connectivity index (χ2v) is 6.21. The number of rotatable bonds is 3. The summed E-state index contributed by atoms with van der Waals surface area (Å²) < 4.78 is 13.9. The van der Waals surface area contributed by atoms with Crippen molar-refractivity contribution in [3.8, 4) is 0 Å². The molecule has 100 valence electrons. The molecule has 2 nitrogen and oxygen atoms in total. The van der Waals surface area contributed by atoms with Crippen molar-refractivity contribution in [2.24, 2.45) is 0 Å². The molecule has 0 saturated carbocycles. The van der Waals surface area contributed by atoms with Crippen LogP contribution in [0.4, 0.5) is 4.39 Å². The Bertz CT molecular complexity index is 358. The second-order valence-electron chi connectivity index (χ2n) is 4.89. The summed E-state index contributed by atoms with van der Waals surface area (Å²) in [4.78, 5) is 4.60. The van der Waals surface area contributed by atoms with Crippen LogP contribution in [0.1, 0.15) is 12.5 Å². The third kappa shape index (κ3) is 4.04. The first-order chi connectivity index (χ1) is 8.65. The average molecular weight is 315 g/mol. The van der Waals surface area contributed by atoms with E-state index in [4.69, 9.17) is 0 Å². The summed E-state index contributed by atoms with van der Waals surface area (Å²) in [5.74, 6) is 0. The largest absolute Gasteiger partial charge is 0.295 e. The molecule has 0 bridgehead atoms. The number of alkyl halides is 2. The van der Waals surface area contributed by atoms with Crippen molar-refractivity contribution in [2.75, 3.05) is 26.2 Å². The molecule has 1 aliphatic rings. The molecule has 0 radical (unpaired) electrons. The molecule has 18 heavy (non-hydrogen) atoms. The van der Waals surface area contributed by atoms with E-state index in [1.54, 1.807) is 0 Å². The standard InChI is InChI=1S/C14H20BrFN2/c1-12(15)18-8-7-17(10-14(16)11-18)9-13-5-3-2-4-6-13/h2-6,12,14H,7-11H2,1H3. The fourth-order valence-electron chi connectivity index (χ4n) is 2.35. The Balaban J connectivity index is 1.94. The first kappa shape index (κ1) is 14.0. The van der Waals surface area contributed by atoms with Gasteiger partial charge in [0.2, 0.25) is 0 Å². The zero-order valence-corrected chi connectivity index (χ0v) is 12.3. The van der Waals surface area contributed by atoms with E-state index in [9.17, 15) is 4.39 Å². The van der Waals surface area contributed by atoms with Gasteiger partial charge in [0, 0.05) is 32.7 Å². The van der Waals surface area contributed by atoms with Crippen molar-refractivity contribution >= 4 is 15.9 Å². The third-order valence-corrected chi connectivity index (χ3v) is 3.92. The average Bonchev–Trinajstić information content (AvgIpc) is 2.52. The molecule has 1 heterocycles. The smallest absolute Gasteiger partial charge is 0.125 e. The number of nitrogens with zero attached hydrogens (tertiary/aromatic N) is 2. The van der Waals surface area contributed by atoms with Crippen LogP contribution in [-0.4, -0.2) is 47.1 Å². The molecule has 0 aliphatic carbocycles. The van der Waals surface area contributed by atoms with Gasteiger partial charge in [-0.1, -0.05) is 46.3 Å². The quantitative estimate of drug-likeness (QED) is 0.625. The molecule has 0 amide bonds. The molecular formula is C14H20BrFN2. The molecule has 0 aromatic heterocycles. The van der Waals surface area contributed by atoms with Gasteiger partial charge in [0.1, 0.15) is 6.17 Å². The van der Waals surface area contributed by atoms with Gasteiger partial charge in [-0.05, 0) is 12.5 Å². The second kappa shape index (κ2) is 6.64. The summed E-state index contributed by atoms with van der Waals surface area (Å²) in [6.45, 7) is 5.79. The van der Waals surface area contributed by atoms with Crippen molar-refractivity contribution < 1.29 is 4.39 Å². The van der Waals surface area contributed by atoms with Crippen LogP contribution in [-0.2, 0) is 6.54 Å². The van der Waals surface area contributed by atoms with E-state index in [2.05, 4.69) is 44.8 Å². The highest BCUT2D eigenvalue weighted by molar-refractivity contribution is 9.09. The number of halogens is 2. The minimum absolute atomic E-state index is 0.243. The lowest BCUT2D eigenvalue weighted by molar-refractivity contribution is 0.196. The van der Waals surface area contributed by atoms with Crippen LogP contribution in [0.3, 0.4) is 0 Å². The SMILES string of the molecule is CC(Br)N1CCN(Cc2ccccc2)CC(F)C1. The third-order valence-electron chi connectivity index (χ3n) is 3.34. The summed E-state index contributed by atoms with van der Waals surface area (Å²) in [6, 6.07) is 10.3. The first-order valence-electron chi connectivity index (χ1n) is 6.43. The summed E-state index contributed by atoms with van der Waals surface area (Å²) in [6.07, 6.45) is -0.767. The van der Waals surface area contributed by atoms with Crippen LogP contribution in [0.5, 0.6) is 0 Å². The molecule has 1 aromatic carbocycles. The van der Waals surface area contributed by atoms with Gasteiger partial charge >= 0.3 is 0 Å². The van der Waals surface area contributed by atoms with Crippen LogP contribution in [0.15, 0.2) is 30.3 Å². The van der Waals surface area contributed by atoms with Crippen molar-refractivity contribution in [2.45, 2.75) is 24.6 Å². The van der Waals surface area contributed by atoms with E-state index in [1.807, 2.05) is 18.2 Å². The minimum atomic E-state index is -0.767. The minimum Gasteiger partial charge on any atom is -0.295 e. The highest BCUT2D eigenvalue weighted by Crippen LogP contribution is 2.15. The Kier molecular flexibility index (Phi) is 5.15. The Morgan fingerprint density at radius 3 is 2.67 bits per heavy atom. The fourth-order valence-corrected chi connectivity index (χ4v) is 2.73. The zero-order chi connectivity index (χ0) is 13.0. The lowest BCUT2D eigenvalue weighted by Crippen LogP contribution is -2.34. The van der Waals surface area contributed by atoms with Gasteiger partial charge in [0.15, 0.2) is 0 Å². The molecule has 1 aromatic rings. The van der Waals surface area contributed by atoms with Crippen molar-refractivity contribution in [3.05, 3.63) is 35.9 Å². The van der Waals surface area contributed by atoms with Crippen LogP contribution < -0.4 is 0 Å². The van der Waals surface area contributed by atoms with E-state index in [0.717, 1.165) is 19.6 Å². The molecule has 4 heteroatoms. The van der Waals surface area contributed by atoms with Gasteiger partial charge in [-0.3, -0.25) is 9.80 Å². The summed E-state index contributed by atoms with van der Waals surface area (Å²) in [5.41, 5.74) is 1.25. The zero-order valence-electron chi connectivity index (χ0n) is 10.7. The van der Waals surface area contributed by atoms with Crippen molar-refractivity contribution in [1.82, 2.24) is 9.80 Å². The first-order valence-corrected chi connectivity index (χ1v) is 7.35. The Morgan fingerprint density at radius 2 is 2.00 bits per heavy atom. The Hall–Kier alpha value is -0.450. The lowest BCUT2D eigenvalue weighted by Gasteiger charge is -2.23. The van der Waals surface area contributed by atoms with Crippen molar-refractivity contribution in [3.63, 3.8) is 0 Å². The van der Waals surface area contributed by atoms with E-state index in [-0.39, 0.29) is 4.95 Å². The van der Waals surface area contributed by atoms with Crippen LogP contribution in [0, 0.1) is 0 Å². The van der Waals surface area contributed by atoms with Gasteiger partial charge in [-0.25, -0.2) is 4.39 Å². The molecule has 2 atom stereocenters. The van der Waals surface area contributed by atoms with Gasteiger partial charge < -0.3 is 0 Å². The van der Waals surface area contributed by atoms with E-state index in [1.165, 1.54) is 5.56 Å². The van der Waals surface area contributed by atoms with Gasteiger partial charge in [-0.2, -0.15) is 0 Å². The van der Waals surface area contributed by atoms with Gasteiger partial charge in [0.25, 0.3) is 0 Å². The topological polar surface area (TPSA) is 6.48 Å². The summed E-state index contributed by atoms with van der Waals surface area (Å²) in [5, 5.41) is 0. The summed E-state index contributed by atoms with van der Waals surface area (Å²) >= 11 is 3.53. The number of hydrogen-bond acceptors (Lipinski definition) is 2. The maximum absolute atomic E-state index is 13.9. The van der Waals surface area contributed by atoms with Crippen molar-refractivity contribution in [1.29, 1.82) is 0 Å². The molecular weight excluding hydrogens is 295 g/mol. The maximum atomic E-state index is 13.9. The highest BCUT2D eigenvalue weighted by Gasteiger charge is 2.24. The predicted octanol–water partition coefficient (Wildman–Crippen LogP) is 2.88. The lowest BCUT2D eigenvalue weighted by atomic mass is 10.2.